The second-order valence-corrected chi connectivity index (χ2v) is 7.09. The molecule has 1 aliphatic rings. The minimum Gasteiger partial charge on any atom is -0.480 e. The Morgan fingerprint density at radius 2 is 2.04 bits per heavy atom. The predicted molar refractivity (Wildman–Crippen MR) is 83.4 cm³/mol. The molecule has 24 heavy (non-hydrogen) atoms. The number of aliphatic carboxylic acids is 1. The molecule has 1 heterocycles. The smallest absolute Gasteiger partial charge is 0.325 e. The van der Waals surface area contributed by atoms with Crippen molar-refractivity contribution in [1.29, 1.82) is 0 Å². The Kier molecular flexibility index (Phi) is 5.36. The fourth-order valence-corrected chi connectivity index (χ4v) is 3.60. The zero-order chi connectivity index (χ0) is 17.9. The Bertz CT molecular complexity index is 744. The number of sulfonamides is 1. The number of nitrogens with zero attached hydrogens (tertiary/aromatic N) is 2. The van der Waals surface area contributed by atoms with Crippen LogP contribution in [0.4, 0.5) is 11.4 Å². The molecule has 0 spiro atoms. The molecule has 1 fully saturated rings. The van der Waals surface area contributed by atoms with Gasteiger partial charge < -0.3 is 15.2 Å². The molecule has 0 saturated carbocycles. The van der Waals surface area contributed by atoms with Gasteiger partial charge in [-0.1, -0.05) is 0 Å². The highest BCUT2D eigenvalue weighted by Gasteiger charge is 2.29. The van der Waals surface area contributed by atoms with Crippen molar-refractivity contribution in [3.63, 3.8) is 0 Å². The maximum absolute atomic E-state index is 12.5. The minimum absolute atomic E-state index is 0.0594. The molecule has 1 aromatic rings. The SMILES string of the molecule is CC(Nc1ccc(S(=O)(=O)N2CCOCC2)cc1[N+](=O)[O-])C(=O)O. The van der Waals surface area contributed by atoms with Crippen molar-refractivity contribution in [3.8, 4) is 0 Å². The third-order valence-corrected chi connectivity index (χ3v) is 5.41. The molecule has 2 rings (SSSR count). The largest absolute Gasteiger partial charge is 0.480 e. The van der Waals surface area contributed by atoms with Crippen LogP contribution in [0.15, 0.2) is 23.1 Å². The number of hydrogen-bond donors (Lipinski definition) is 2. The van der Waals surface area contributed by atoms with Crippen LogP contribution in [0.5, 0.6) is 0 Å². The normalized spacial score (nSPS) is 17.2. The van der Waals surface area contributed by atoms with Crippen molar-refractivity contribution in [2.75, 3.05) is 31.6 Å². The van der Waals surface area contributed by atoms with E-state index in [0.717, 1.165) is 6.07 Å². The van der Waals surface area contributed by atoms with Gasteiger partial charge in [0.25, 0.3) is 5.69 Å². The average Bonchev–Trinajstić information content (AvgIpc) is 2.55. The molecule has 2 N–H and O–H groups in total. The van der Waals surface area contributed by atoms with Gasteiger partial charge in [-0.3, -0.25) is 14.9 Å². The van der Waals surface area contributed by atoms with E-state index < -0.39 is 32.6 Å². The summed E-state index contributed by atoms with van der Waals surface area (Å²) in [6.45, 7) is 2.19. The summed E-state index contributed by atoms with van der Waals surface area (Å²) in [5.74, 6) is -1.19. The van der Waals surface area contributed by atoms with Gasteiger partial charge in [0.2, 0.25) is 10.0 Å². The van der Waals surface area contributed by atoms with Crippen LogP contribution in [-0.4, -0.2) is 61.1 Å². The number of ether oxygens (including phenoxy) is 1. The summed E-state index contributed by atoms with van der Waals surface area (Å²) >= 11 is 0. The van der Waals surface area contributed by atoms with Gasteiger partial charge in [-0.05, 0) is 19.1 Å². The van der Waals surface area contributed by atoms with Gasteiger partial charge in [-0.15, -0.1) is 0 Å². The maximum atomic E-state index is 12.5. The van der Waals surface area contributed by atoms with E-state index >= 15 is 0 Å². The summed E-state index contributed by atoms with van der Waals surface area (Å²) in [5.41, 5.74) is -0.562. The highest BCUT2D eigenvalue weighted by molar-refractivity contribution is 7.89. The summed E-state index contributed by atoms with van der Waals surface area (Å²) in [6.07, 6.45) is 0. The summed E-state index contributed by atoms with van der Waals surface area (Å²) in [4.78, 5) is 21.1. The van der Waals surface area contributed by atoms with Gasteiger partial charge in [0, 0.05) is 19.2 Å². The van der Waals surface area contributed by atoms with E-state index in [1.54, 1.807) is 0 Å². The molecule has 0 radical (unpaired) electrons. The first-order chi connectivity index (χ1) is 11.2. The first kappa shape index (κ1) is 18.1. The number of carbonyl (C=O) groups is 1. The van der Waals surface area contributed by atoms with E-state index in [2.05, 4.69) is 5.32 Å². The molecule has 0 aliphatic carbocycles. The van der Waals surface area contributed by atoms with Gasteiger partial charge in [-0.2, -0.15) is 4.31 Å². The molecule has 1 aromatic carbocycles. The van der Waals surface area contributed by atoms with E-state index in [4.69, 9.17) is 9.84 Å². The van der Waals surface area contributed by atoms with Gasteiger partial charge in [-0.25, -0.2) is 8.42 Å². The fourth-order valence-electron chi connectivity index (χ4n) is 2.18. The van der Waals surface area contributed by atoms with E-state index in [1.807, 2.05) is 0 Å². The second kappa shape index (κ2) is 7.11. The summed E-state index contributed by atoms with van der Waals surface area (Å²) in [5, 5.41) is 22.6. The maximum Gasteiger partial charge on any atom is 0.325 e. The van der Waals surface area contributed by atoms with Crippen molar-refractivity contribution in [2.24, 2.45) is 0 Å². The van der Waals surface area contributed by atoms with Crippen LogP contribution in [0.2, 0.25) is 0 Å². The van der Waals surface area contributed by atoms with E-state index in [1.165, 1.54) is 23.4 Å². The molecule has 10 nitrogen and oxygen atoms in total. The number of benzene rings is 1. The van der Waals surface area contributed by atoms with Crippen LogP contribution in [0.3, 0.4) is 0 Å². The highest BCUT2D eigenvalue weighted by Crippen LogP contribution is 2.29. The van der Waals surface area contributed by atoms with Gasteiger partial charge in [0.15, 0.2) is 0 Å². The molecule has 1 aliphatic heterocycles. The molecular weight excluding hydrogens is 342 g/mol. The summed E-state index contributed by atoms with van der Waals surface area (Å²) in [7, 11) is -3.87. The lowest BCUT2D eigenvalue weighted by Crippen LogP contribution is -2.40. The Morgan fingerprint density at radius 1 is 1.42 bits per heavy atom. The van der Waals surface area contributed by atoms with E-state index in [9.17, 15) is 23.3 Å². The summed E-state index contributed by atoms with van der Waals surface area (Å²) < 4.78 is 31.4. The van der Waals surface area contributed by atoms with Crippen molar-refractivity contribution >= 4 is 27.4 Å². The van der Waals surface area contributed by atoms with E-state index in [-0.39, 0.29) is 36.9 Å². The van der Waals surface area contributed by atoms with Crippen molar-refractivity contribution in [1.82, 2.24) is 4.31 Å². The Balaban J connectivity index is 2.37. The third kappa shape index (κ3) is 3.80. The predicted octanol–water partition coefficient (Wildman–Crippen LogP) is 0.501. The average molecular weight is 359 g/mol. The second-order valence-electron chi connectivity index (χ2n) is 5.16. The molecule has 1 atom stereocenters. The monoisotopic (exact) mass is 359 g/mol. The van der Waals surface area contributed by atoms with Gasteiger partial charge in [0.05, 0.1) is 23.0 Å². The van der Waals surface area contributed by atoms with Crippen LogP contribution in [0.25, 0.3) is 0 Å². The van der Waals surface area contributed by atoms with Crippen LogP contribution in [-0.2, 0) is 19.6 Å². The number of carboxylic acids is 1. The highest BCUT2D eigenvalue weighted by atomic mass is 32.2. The topological polar surface area (TPSA) is 139 Å². The molecule has 132 valence electrons. The van der Waals surface area contributed by atoms with Crippen LogP contribution in [0.1, 0.15) is 6.92 Å². The van der Waals surface area contributed by atoms with Crippen LogP contribution >= 0.6 is 0 Å². The Morgan fingerprint density at radius 3 is 2.58 bits per heavy atom. The Labute approximate surface area is 138 Å². The Hall–Kier alpha value is -2.24. The molecule has 1 unspecified atom stereocenters. The molecule has 11 heteroatoms. The zero-order valence-corrected chi connectivity index (χ0v) is 13.7. The van der Waals surface area contributed by atoms with Crippen molar-refractivity contribution in [3.05, 3.63) is 28.3 Å². The van der Waals surface area contributed by atoms with Crippen molar-refractivity contribution < 1.29 is 28.0 Å². The van der Waals surface area contributed by atoms with Gasteiger partial charge in [0.1, 0.15) is 11.7 Å². The molecule has 1 saturated heterocycles. The molecule has 0 aromatic heterocycles. The van der Waals surface area contributed by atoms with Crippen LogP contribution < -0.4 is 5.32 Å². The molecule has 0 bridgehead atoms. The number of hydrogen-bond acceptors (Lipinski definition) is 7. The number of carboxylic acid groups (broad SMARTS) is 1. The number of nitro groups is 1. The lowest BCUT2D eigenvalue weighted by Gasteiger charge is -2.26. The van der Waals surface area contributed by atoms with Crippen molar-refractivity contribution in [2.45, 2.75) is 17.9 Å². The standard InChI is InChI=1S/C13H17N3O7S/c1-9(13(17)18)14-11-3-2-10(8-12(11)16(19)20)24(21,22)15-4-6-23-7-5-15/h2-3,8-9,14H,4-7H2,1H3,(H,17,18). The number of nitrogens with one attached hydrogen (secondary N) is 1. The van der Waals surface area contributed by atoms with E-state index in [0.29, 0.717) is 0 Å². The molecule has 0 amide bonds. The van der Waals surface area contributed by atoms with Gasteiger partial charge >= 0.3 is 5.97 Å². The molecular formula is C13H17N3O7S. The minimum atomic E-state index is -3.87. The first-order valence-corrected chi connectivity index (χ1v) is 8.53. The lowest BCUT2D eigenvalue weighted by atomic mass is 10.2. The zero-order valence-electron chi connectivity index (χ0n) is 12.8. The summed E-state index contributed by atoms with van der Waals surface area (Å²) in [6, 6.07) is 2.28. The number of anilines is 1. The lowest BCUT2D eigenvalue weighted by molar-refractivity contribution is -0.384. The number of nitro benzene ring substituents is 1. The first-order valence-electron chi connectivity index (χ1n) is 7.09. The quantitative estimate of drug-likeness (QED) is 0.553. The third-order valence-electron chi connectivity index (χ3n) is 3.52. The number of rotatable bonds is 6. The fraction of sp³-hybridized carbons (Fsp3) is 0.462. The van der Waals surface area contributed by atoms with Crippen LogP contribution in [0, 0.1) is 10.1 Å². The number of morpholine rings is 1.